The van der Waals surface area contributed by atoms with Gasteiger partial charge in [0.15, 0.2) is 0 Å². The molecule has 1 fully saturated rings. The fourth-order valence-electron chi connectivity index (χ4n) is 1.87. The monoisotopic (exact) mass is 285 g/mol. The van der Waals surface area contributed by atoms with Gasteiger partial charge in [0.1, 0.15) is 5.54 Å². The molecule has 1 aliphatic rings. The van der Waals surface area contributed by atoms with E-state index < -0.39 is 5.54 Å². The van der Waals surface area contributed by atoms with Crippen molar-refractivity contribution in [2.45, 2.75) is 86.1 Å². The van der Waals surface area contributed by atoms with Crippen molar-refractivity contribution in [2.24, 2.45) is 5.73 Å². The zero-order valence-electron chi connectivity index (χ0n) is 15.1. The quantitative estimate of drug-likeness (QED) is 0.770. The van der Waals surface area contributed by atoms with Gasteiger partial charge in [0.05, 0.1) is 6.07 Å². The molecule has 2 N–H and O–H groups in total. The Morgan fingerprint density at radius 3 is 1.80 bits per heavy atom. The molecule has 1 aliphatic heterocycles. The van der Waals surface area contributed by atoms with Crippen LogP contribution < -0.4 is 5.73 Å². The zero-order chi connectivity index (χ0) is 16.4. The maximum absolute atomic E-state index is 8.86. The number of nitriles is 1. The third-order valence-corrected chi connectivity index (χ3v) is 3.05. The Hall–Kier alpha value is -0.590. The second-order valence-electron chi connectivity index (χ2n) is 4.32. The Labute approximate surface area is 128 Å². The lowest BCUT2D eigenvalue weighted by atomic mass is 9.90. The average molecular weight is 286 g/mol. The summed E-state index contributed by atoms with van der Waals surface area (Å²) in [5, 5.41) is 8.86. The van der Waals surface area contributed by atoms with Gasteiger partial charge in [-0.2, -0.15) is 5.26 Å². The molecule has 0 aromatic rings. The molecule has 20 heavy (non-hydrogen) atoms. The van der Waals surface area contributed by atoms with E-state index in [0.29, 0.717) is 0 Å². The lowest BCUT2D eigenvalue weighted by molar-refractivity contribution is 0.185. The lowest BCUT2D eigenvalue weighted by Crippen LogP contribution is -2.49. The normalized spacial score (nSPS) is 16.1. The van der Waals surface area contributed by atoms with E-state index in [9.17, 15) is 0 Å². The summed E-state index contributed by atoms with van der Waals surface area (Å²) in [6.45, 7) is 17.4. The molecule has 0 atom stereocenters. The van der Waals surface area contributed by atoms with Gasteiger partial charge < -0.3 is 10.6 Å². The Morgan fingerprint density at radius 2 is 1.45 bits per heavy atom. The summed E-state index contributed by atoms with van der Waals surface area (Å²) in [4.78, 5) is 2.43. The Morgan fingerprint density at radius 1 is 1.00 bits per heavy atom. The first-order chi connectivity index (χ1) is 9.70. The Bertz CT molecular complexity index is 201. The van der Waals surface area contributed by atoms with Crippen LogP contribution in [0, 0.1) is 11.3 Å². The second kappa shape index (κ2) is 18.4. The van der Waals surface area contributed by atoms with Gasteiger partial charge in [-0.25, -0.2) is 0 Å². The first-order valence-corrected chi connectivity index (χ1v) is 8.63. The van der Waals surface area contributed by atoms with E-state index in [1.165, 1.54) is 25.8 Å². The summed E-state index contributed by atoms with van der Waals surface area (Å²) < 4.78 is 0. The highest BCUT2D eigenvalue weighted by atomic mass is 15.1. The minimum atomic E-state index is -0.540. The largest absolute Gasteiger partial charge is 0.313 e. The number of likely N-dealkylation sites (tertiary alicyclic amines) is 1. The van der Waals surface area contributed by atoms with E-state index in [2.05, 4.69) is 17.9 Å². The van der Waals surface area contributed by atoms with Crippen molar-refractivity contribution in [3.8, 4) is 6.07 Å². The molecule has 0 radical (unpaired) electrons. The summed E-state index contributed by atoms with van der Waals surface area (Å²) in [5.74, 6) is 0. The third-order valence-electron chi connectivity index (χ3n) is 3.05. The molecule has 0 aromatic heterocycles. The van der Waals surface area contributed by atoms with Crippen molar-refractivity contribution in [2.75, 3.05) is 19.6 Å². The van der Waals surface area contributed by atoms with Gasteiger partial charge in [0.25, 0.3) is 0 Å². The van der Waals surface area contributed by atoms with Gasteiger partial charge in [-0.15, -0.1) is 0 Å². The molecular weight excluding hydrogens is 246 g/mol. The molecule has 1 rings (SSSR count). The molecule has 1 saturated heterocycles. The van der Waals surface area contributed by atoms with Gasteiger partial charge in [-0.3, -0.25) is 0 Å². The SMILES string of the molecule is CC.CC.CC.CCCCCN1CCC(N)(C#N)CC1. The van der Waals surface area contributed by atoms with Gasteiger partial charge in [-0.05, 0) is 25.8 Å². The van der Waals surface area contributed by atoms with Crippen molar-refractivity contribution in [3.05, 3.63) is 0 Å². The Balaban J connectivity index is -0.000000425. The molecular formula is C17H39N3. The van der Waals surface area contributed by atoms with Crippen molar-refractivity contribution < 1.29 is 0 Å². The first-order valence-electron chi connectivity index (χ1n) is 8.63. The van der Waals surface area contributed by atoms with E-state index in [1.54, 1.807) is 0 Å². The molecule has 0 aliphatic carbocycles. The van der Waals surface area contributed by atoms with E-state index in [1.807, 2.05) is 41.5 Å². The van der Waals surface area contributed by atoms with E-state index in [0.717, 1.165) is 25.9 Å². The van der Waals surface area contributed by atoms with Crippen LogP contribution >= 0.6 is 0 Å². The maximum atomic E-state index is 8.86. The molecule has 0 amide bonds. The maximum Gasteiger partial charge on any atom is 0.106 e. The highest BCUT2D eigenvalue weighted by Gasteiger charge is 2.29. The number of hydrogen-bond donors (Lipinski definition) is 1. The molecule has 3 heteroatoms. The molecule has 0 spiro atoms. The minimum Gasteiger partial charge on any atom is -0.313 e. The van der Waals surface area contributed by atoms with E-state index >= 15 is 0 Å². The van der Waals surface area contributed by atoms with Gasteiger partial charge in [0, 0.05) is 13.1 Å². The van der Waals surface area contributed by atoms with Crippen LogP contribution in [-0.4, -0.2) is 30.1 Å². The molecule has 0 bridgehead atoms. The van der Waals surface area contributed by atoms with Crippen molar-refractivity contribution in [1.29, 1.82) is 5.26 Å². The minimum absolute atomic E-state index is 0.540. The van der Waals surface area contributed by atoms with E-state index in [-0.39, 0.29) is 0 Å². The number of hydrogen-bond acceptors (Lipinski definition) is 3. The predicted octanol–water partition coefficient (Wildman–Crippen LogP) is 4.57. The van der Waals surface area contributed by atoms with Crippen LogP contribution in [0.25, 0.3) is 0 Å². The van der Waals surface area contributed by atoms with Crippen LogP contribution in [0.1, 0.15) is 80.6 Å². The standard InChI is InChI=1S/C11H21N3.3C2H6/c1-2-3-4-7-14-8-5-11(13,10-12)6-9-14;3*1-2/h2-9,13H2,1H3;3*1-2H3. The summed E-state index contributed by atoms with van der Waals surface area (Å²) in [7, 11) is 0. The predicted molar refractivity (Wildman–Crippen MR) is 91.8 cm³/mol. The lowest BCUT2D eigenvalue weighted by Gasteiger charge is -2.34. The van der Waals surface area contributed by atoms with Crippen LogP contribution in [-0.2, 0) is 0 Å². The van der Waals surface area contributed by atoms with Crippen molar-refractivity contribution in [1.82, 2.24) is 4.90 Å². The van der Waals surface area contributed by atoms with Gasteiger partial charge >= 0.3 is 0 Å². The molecule has 1 heterocycles. The van der Waals surface area contributed by atoms with Crippen LogP contribution in [0.4, 0.5) is 0 Å². The van der Waals surface area contributed by atoms with Crippen LogP contribution in [0.2, 0.25) is 0 Å². The fraction of sp³-hybridized carbons (Fsp3) is 0.941. The smallest absolute Gasteiger partial charge is 0.106 e. The summed E-state index contributed by atoms with van der Waals surface area (Å²) in [5.41, 5.74) is 5.35. The molecule has 3 nitrogen and oxygen atoms in total. The summed E-state index contributed by atoms with van der Waals surface area (Å²) in [6, 6.07) is 2.22. The first kappa shape index (κ1) is 24.4. The highest BCUT2D eigenvalue weighted by Crippen LogP contribution is 2.18. The fourth-order valence-corrected chi connectivity index (χ4v) is 1.87. The summed E-state index contributed by atoms with van der Waals surface area (Å²) in [6.07, 6.45) is 5.52. The topological polar surface area (TPSA) is 53.0 Å². The number of unbranched alkanes of at least 4 members (excludes halogenated alkanes) is 2. The molecule has 0 aromatic carbocycles. The third kappa shape index (κ3) is 12.4. The van der Waals surface area contributed by atoms with E-state index in [4.69, 9.17) is 11.0 Å². The van der Waals surface area contributed by atoms with Gasteiger partial charge in [-0.1, -0.05) is 61.3 Å². The van der Waals surface area contributed by atoms with Crippen molar-refractivity contribution >= 4 is 0 Å². The van der Waals surface area contributed by atoms with Gasteiger partial charge in [0.2, 0.25) is 0 Å². The molecule has 0 saturated carbocycles. The Kier molecular flexibility index (Phi) is 22.5. The van der Waals surface area contributed by atoms with Crippen molar-refractivity contribution in [3.63, 3.8) is 0 Å². The average Bonchev–Trinajstić information content (AvgIpc) is 2.55. The highest BCUT2D eigenvalue weighted by molar-refractivity contribution is 5.07. The molecule has 122 valence electrons. The number of nitrogens with two attached hydrogens (primary N) is 1. The zero-order valence-corrected chi connectivity index (χ0v) is 15.1. The second-order valence-corrected chi connectivity index (χ2v) is 4.32. The number of rotatable bonds is 4. The van der Waals surface area contributed by atoms with Crippen LogP contribution in [0.5, 0.6) is 0 Å². The number of piperidine rings is 1. The van der Waals surface area contributed by atoms with Crippen LogP contribution in [0.15, 0.2) is 0 Å². The van der Waals surface area contributed by atoms with Crippen LogP contribution in [0.3, 0.4) is 0 Å². The number of nitrogens with zero attached hydrogens (tertiary/aromatic N) is 2. The summed E-state index contributed by atoms with van der Waals surface area (Å²) >= 11 is 0. The molecule has 0 unspecified atom stereocenters.